The fourth-order valence-electron chi connectivity index (χ4n) is 2.68. The van der Waals surface area contributed by atoms with Crippen molar-refractivity contribution in [1.29, 1.82) is 0 Å². The summed E-state index contributed by atoms with van der Waals surface area (Å²) in [6.07, 6.45) is 6.62. The number of nitrogens with zero attached hydrogens (tertiary/aromatic N) is 3. The fourth-order valence-corrected chi connectivity index (χ4v) is 4.48. The molecule has 1 fully saturated rings. The predicted octanol–water partition coefficient (Wildman–Crippen LogP) is 2.70. The first kappa shape index (κ1) is 15.5. The highest BCUT2D eigenvalue weighted by atomic mass is 35.5. The van der Waals surface area contributed by atoms with Gasteiger partial charge in [-0.1, -0.05) is 11.6 Å². The number of hydrogen-bond acceptors (Lipinski definition) is 3. The third-order valence-corrected chi connectivity index (χ3v) is 6.03. The molecule has 1 aliphatic heterocycles. The van der Waals surface area contributed by atoms with Crippen LogP contribution in [0.25, 0.3) is 0 Å². The van der Waals surface area contributed by atoms with E-state index in [1.165, 1.54) is 10.4 Å². The van der Waals surface area contributed by atoms with Gasteiger partial charge < -0.3 is 4.57 Å². The van der Waals surface area contributed by atoms with Crippen LogP contribution in [0.3, 0.4) is 0 Å². The standard InChI is InChI=1S/C14H15ClFN3O2S/c15-11-1-2-13(16)14(9-11)22(20,21)19-6-3-12(4-7-19)18-8-5-17-10-18/h1-2,5,8-10,12H,3-4,6-7H2. The van der Waals surface area contributed by atoms with Crippen molar-refractivity contribution in [2.45, 2.75) is 23.8 Å². The smallest absolute Gasteiger partial charge is 0.246 e. The third-order valence-electron chi connectivity index (χ3n) is 3.88. The highest BCUT2D eigenvalue weighted by Gasteiger charge is 2.31. The van der Waals surface area contributed by atoms with E-state index in [4.69, 9.17) is 11.6 Å². The van der Waals surface area contributed by atoms with Crippen molar-refractivity contribution in [3.8, 4) is 0 Å². The highest BCUT2D eigenvalue weighted by Crippen LogP contribution is 2.28. The quantitative estimate of drug-likeness (QED) is 0.861. The molecule has 0 N–H and O–H groups in total. The van der Waals surface area contributed by atoms with Crippen LogP contribution in [0.15, 0.2) is 41.8 Å². The summed E-state index contributed by atoms with van der Waals surface area (Å²) in [6.45, 7) is 0.689. The maximum absolute atomic E-state index is 13.8. The number of halogens is 2. The lowest BCUT2D eigenvalue weighted by Gasteiger charge is -2.31. The van der Waals surface area contributed by atoms with Crippen molar-refractivity contribution in [3.05, 3.63) is 47.8 Å². The molecule has 1 aromatic heterocycles. The molecule has 0 radical (unpaired) electrons. The van der Waals surface area contributed by atoms with E-state index >= 15 is 0 Å². The van der Waals surface area contributed by atoms with E-state index in [0.29, 0.717) is 25.9 Å². The van der Waals surface area contributed by atoms with Crippen molar-refractivity contribution >= 4 is 21.6 Å². The highest BCUT2D eigenvalue weighted by molar-refractivity contribution is 7.89. The number of benzene rings is 1. The summed E-state index contributed by atoms with van der Waals surface area (Å²) in [4.78, 5) is 3.64. The zero-order valence-corrected chi connectivity index (χ0v) is 13.3. The molecular formula is C14H15ClFN3O2S. The number of rotatable bonds is 3. The average Bonchev–Trinajstić information content (AvgIpc) is 3.04. The minimum atomic E-state index is -3.86. The monoisotopic (exact) mass is 343 g/mol. The Balaban J connectivity index is 1.79. The maximum atomic E-state index is 13.8. The van der Waals surface area contributed by atoms with Crippen LogP contribution in [-0.2, 0) is 10.0 Å². The SMILES string of the molecule is O=S(=O)(c1cc(Cl)ccc1F)N1CCC(n2ccnc2)CC1. The fraction of sp³-hybridized carbons (Fsp3) is 0.357. The molecule has 0 aliphatic carbocycles. The molecule has 1 aliphatic rings. The minimum absolute atomic E-state index is 0.202. The minimum Gasteiger partial charge on any atom is -0.334 e. The van der Waals surface area contributed by atoms with Crippen molar-refractivity contribution in [3.63, 3.8) is 0 Å². The van der Waals surface area contributed by atoms with Gasteiger partial charge in [0, 0.05) is 36.5 Å². The van der Waals surface area contributed by atoms with Gasteiger partial charge >= 0.3 is 0 Å². The molecule has 3 rings (SSSR count). The summed E-state index contributed by atoms with van der Waals surface area (Å²) in [5, 5.41) is 0.202. The number of aromatic nitrogens is 2. The van der Waals surface area contributed by atoms with Gasteiger partial charge in [0.25, 0.3) is 0 Å². The van der Waals surface area contributed by atoms with Crippen molar-refractivity contribution in [1.82, 2.24) is 13.9 Å². The largest absolute Gasteiger partial charge is 0.334 e. The van der Waals surface area contributed by atoms with Crippen molar-refractivity contribution < 1.29 is 12.8 Å². The summed E-state index contributed by atoms with van der Waals surface area (Å²) in [6, 6.07) is 3.79. The molecule has 118 valence electrons. The van der Waals surface area contributed by atoms with E-state index < -0.39 is 15.8 Å². The lowest BCUT2D eigenvalue weighted by atomic mass is 10.1. The first-order chi connectivity index (χ1) is 10.5. The summed E-state index contributed by atoms with van der Waals surface area (Å²) < 4.78 is 42.3. The molecule has 1 aromatic carbocycles. The summed E-state index contributed by atoms with van der Waals surface area (Å²) >= 11 is 5.79. The molecule has 8 heteroatoms. The first-order valence-electron chi connectivity index (χ1n) is 6.91. The molecular weight excluding hydrogens is 329 g/mol. The Hall–Kier alpha value is -1.44. The normalized spacial score (nSPS) is 17.7. The average molecular weight is 344 g/mol. The summed E-state index contributed by atoms with van der Waals surface area (Å²) in [5.74, 6) is -0.777. The summed E-state index contributed by atoms with van der Waals surface area (Å²) in [5.41, 5.74) is 0. The Morgan fingerprint density at radius 2 is 2.00 bits per heavy atom. The molecule has 0 amide bonds. The molecule has 0 unspecified atom stereocenters. The molecule has 0 atom stereocenters. The van der Waals surface area contributed by atoms with Crippen molar-refractivity contribution in [2.75, 3.05) is 13.1 Å². The van der Waals surface area contributed by atoms with Gasteiger partial charge in [-0.2, -0.15) is 4.31 Å². The second-order valence-electron chi connectivity index (χ2n) is 5.22. The second kappa shape index (κ2) is 5.98. The molecule has 2 heterocycles. The van der Waals surface area contributed by atoms with Crippen LogP contribution in [0.1, 0.15) is 18.9 Å². The molecule has 0 spiro atoms. The number of piperidine rings is 1. The van der Waals surface area contributed by atoms with Gasteiger partial charge in [0.15, 0.2) is 0 Å². The Bertz CT molecular complexity index is 756. The van der Waals surface area contributed by atoms with E-state index in [1.807, 2.05) is 10.8 Å². The van der Waals surface area contributed by atoms with Crippen LogP contribution in [0.5, 0.6) is 0 Å². The van der Waals surface area contributed by atoms with E-state index in [1.54, 1.807) is 12.5 Å². The van der Waals surface area contributed by atoms with Crippen LogP contribution < -0.4 is 0 Å². The van der Waals surface area contributed by atoms with Crippen LogP contribution in [0, 0.1) is 5.82 Å². The Kier molecular flexibility index (Phi) is 4.20. The summed E-state index contributed by atoms with van der Waals surface area (Å²) in [7, 11) is -3.86. The lowest BCUT2D eigenvalue weighted by molar-refractivity contribution is 0.273. The molecule has 0 bridgehead atoms. The topological polar surface area (TPSA) is 55.2 Å². The van der Waals surface area contributed by atoms with E-state index in [-0.39, 0.29) is 16.0 Å². The number of sulfonamides is 1. The second-order valence-corrected chi connectivity index (χ2v) is 7.56. The van der Waals surface area contributed by atoms with Gasteiger partial charge in [0.1, 0.15) is 10.7 Å². The Labute approximate surface area is 133 Å². The Morgan fingerprint density at radius 3 is 2.64 bits per heavy atom. The van der Waals surface area contributed by atoms with Crippen LogP contribution >= 0.6 is 11.6 Å². The van der Waals surface area contributed by atoms with Gasteiger partial charge in [-0.15, -0.1) is 0 Å². The third kappa shape index (κ3) is 2.88. The zero-order chi connectivity index (χ0) is 15.7. The first-order valence-corrected chi connectivity index (χ1v) is 8.73. The van der Waals surface area contributed by atoms with Crippen LogP contribution in [-0.4, -0.2) is 35.4 Å². The number of hydrogen-bond donors (Lipinski definition) is 0. The van der Waals surface area contributed by atoms with Gasteiger partial charge in [0.2, 0.25) is 10.0 Å². The van der Waals surface area contributed by atoms with E-state index in [9.17, 15) is 12.8 Å². The lowest BCUT2D eigenvalue weighted by Crippen LogP contribution is -2.39. The molecule has 2 aromatic rings. The van der Waals surface area contributed by atoms with Crippen molar-refractivity contribution in [2.24, 2.45) is 0 Å². The maximum Gasteiger partial charge on any atom is 0.246 e. The van der Waals surface area contributed by atoms with E-state index in [2.05, 4.69) is 4.98 Å². The van der Waals surface area contributed by atoms with E-state index in [0.717, 1.165) is 12.1 Å². The van der Waals surface area contributed by atoms with Gasteiger partial charge in [0.05, 0.1) is 6.33 Å². The van der Waals surface area contributed by atoms with Gasteiger partial charge in [-0.3, -0.25) is 0 Å². The Morgan fingerprint density at radius 1 is 1.27 bits per heavy atom. The zero-order valence-electron chi connectivity index (χ0n) is 11.7. The predicted molar refractivity (Wildman–Crippen MR) is 80.7 cm³/mol. The molecule has 22 heavy (non-hydrogen) atoms. The van der Waals surface area contributed by atoms with Gasteiger partial charge in [-0.05, 0) is 31.0 Å². The number of imidazole rings is 1. The molecule has 5 nitrogen and oxygen atoms in total. The van der Waals surface area contributed by atoms with Crippen LogP contribution in [0.4, 0.5) is 4.39 Å². The molecule has 0 saturated carbocycles. The van der Waals surface area contributed by atoms with Gasteiger partial charge in [-0.25, -0.2) is 17.8 Å². The molecule has 1 saturated heterocycles. The van der Waals surface area contributed by atoms with Crippen LogP contribution in [0.2, 0.25) is 5.02 Å².